The van der Waals surface area contributed by atoms with Crippen LogP contribution in [0.4, 0.5) is 0 Å². The third-order valence-electron chi connectivity index (χ3n) is 2.59. The predicted octanol–water partition coefficient (Wildman–Crippen LogP) is 1.22. The van der Waals surface area contributed by atoms with E-state index in [0.717, 1.165) is 19.3 Å². The Morgan fingerprint density at radius 1 is 1.60 bits per heavy atom. The van der Waals surface area contributed by atoms with E-state index in [1.165, 1.54) is 0 Å². The van der Waals surface area contributed by atoms with E-state index in [2.05, 4.69) is 5.16 Å². The number of oxime groups is 1. The van der Waals surface area contributed by atoms with Gasteiger partial charge in [0, 0.05) is 6.42 Å². The molecule has 2 heterocycles. The van der Waals surface area contributed by atoms with Crippen molar-refractivity contribution in [2.45, 2.75) is 38.4 Å². The van der Waals surface area contributed by atoms with Crippen molar-refractivity contribution >= 4 is 11.7 Å². The van der Waals surface area contributed by atoms with Gasteiger partial charge in [0.2, 0.25) is 5.79 Å². The largest absolute Gasteiger partial charge is 0.461 e. The Balaban J connectivity index is 1.94. The number of ether oxygens (including phenoxy) is 2. The van der Waals surface area contributed by atoms with Crippen molar-refractivity contribution in [2.75, 3.05) is 13.2 Å². The lowest BCUT2D eigenvalue weighted by Crippen LogP contribution is -2.37. The Hall–Kier alpha value is -1.10. The first kappa shape index (κ1) is 10.4. The Labute approximate surface area is 88.4 Å². The second-order valence-corrected chi connectivity index (χ2v) is 3.74. The summed E-state index contributed by atoms with van der Waals surface area (Å²) in [4.78, 5) is 16.6. The average Bonchev–Trinajstić information content (AvgIpc) is 2.64. The second kappa shape index (κ2) is 4.18. The second-order valence-electron chi connectivity index (χ2n) is 3.74. The molecule has 0 amide bonds. The monoisotopic (exact) mass is 213 g/mol. The van der Waals surface area contributed by atoms with Gasteiger partial charge in [-0.25, -0.2) is 4.79 Å². The normalized spacial score (nSPS) is 29.8. The summed E-state index contributed by atoms with van der Waals surface area (Å²) >= 11 is 0. The van der Waals surface area contributed by atoms with Gasteiger partial charge in [-0.3, -0.25) is 0 Å². The van der Waals surface area contributed by atoms with Crippen LogP contribution in [0.25, 0.3) is 0 Å². The van der Waals surface area contributed by atoms with Crippen LogP contribution in [0.2, 0.25) is 0 Å². The lowest BCUT2D eigenvalue weighted by molar-refractivity contribution is -0.240. The van der Waals surface area contributed by atoms with E-state index >= 15 is 0 Å². The molecule has 0 aromatic heterocycles. The summed E-state index contributed by atoms with van der Waals surface area (Å²) in [5.74, 6) is -1.08. The molecule has 0 N–H and O–H groups in total. The molecule has 2 aliphatic rings. The molecule has 2 rings (SSSR count). The highest BCUT2D eigenvalue weighted by atomic mass is 16.8. The Morgan fingerprint density at radius 3 is 3.13 bits per heavy atom. The first-order chi connectivity index (χ1) is 7.26. The Bertz CT molecular complexity index is 281. The molecule has 0 bridgehead atoms. The molecule has 5 nitrogen and oxygen atoms in total. The Morgan fingerprint density at radius 2 is 2.47 bits per heavy atom. The summed E-state index contributed by atoms with van der Waals surface area (Å²) in [6.07, 6.45) is 3.29. The third-order valence-corrected chi connectivity index (χ3v) is 2.59. The molecule has 0 aliphatic carbocycles. The minimum absolute atomic E-state index is 0.332. The zero-order chi connectivity index (χ0) is 10.7. The molecule has 84 valence electrons. The SMILES string of the molecule is CCOC(=O)C1=NOC2(CCCCO2)C1. The lowest BCUT2D eigenvalue weighted by Gasteiger charge is -2.30. The number of hydrogen-bond acceptors (Lipinski definition) is 5. The number of esters is 1. The van der Waals surface area contributed by atoms with Gasteiger partial charge in [-0.15, -0.1) is 0 Å². The van der Waals surface area contributed by atoms with Crippen LogP contribution in [0.5, 0.6) is 0 Å². The Kier molecular flexibility index (Phi) is 2.90. The summed E-state index contributed by atoms with van der Waals surface area (Å²) < 4.78 is 10.4. The molecule has 1 saturated heterocycles. The van der Waals surface area contributed by atoms with Crippen LogP contribution in [0.15, 0.2) is 5.16 Å². The molecule has 1 atom stereocenters. The fourth-order valence-electron chi connectivity index (χ4n) is 1.82. The molecule has 5 heteroatoms. The average molecular weight is 213 g/mol. The van der Waals surface area contributed by atoms with Crippen molar-refractivity contribution in [1.82, 2.24) is 0 Å². The van der Waals surface area contributed by atoms with Crippen LogP contribution < -0.4 is 0 Å². The minimum atomic E-state index is -0.680. The van der Waals surface area contributed by atoms with Gasteiger partial charge in [-0.1, -0.05) is 5.16 Å². The molecule has 0 radical (unpaired) electrons. The summed E-state index contributed by atoms with van der Waals surface area (Å²) in [7, 11) is 0. The fraction of sp³-hybridized carbons (Fsp3) is 0.800. The van der Waals surface area contributed by atoms with Crippen LogP contribution in [0.1, 0.15) is 32.6 Å². The molecule has 15 heavy (non-hydrogen) atoms. The molecule has 1 fully saturated rings. The van der Waals surface area contributed by atoms with Gasteiger partial charge < -0.3 is 14.3 Å². The number of carbonyl (C=O) groups is 1. The molecular formula is C10H15NO4. The summed E-state index contributed by atoms with van der Waals surface area (Å²) in [5, 5.41) is 3.75. The van der Waals surface area contributed by atoms with E-state index in [1.54, 1.807) is 6.92 Å². The van der Waals surface area contributed by atoms with Crippen molar-refractivity contribution in [3.63, 3.8) is 0 Å². The maximum Gasteiger partial charge on any atom is 0.356 e. The molecular weight excluding hydrogens is 198 g/mol. The number of hydrogen-bond donors (Lipinski definition) is 0. The van der Waals surface area contributed by atoms with Crippen LogP contribution in [-0.4, -0.2) is 30.7 Å². The van der Waals surface area contributed by atoms with Crippen molar-refractivity contribution in [3.05, 3.63) is 0 Å². The van der Waals surface area contributed by atoms with E-state index in [4.69, 9.17) is 14.3 Å². The van der Waals surface area contributed by atoms with Crippen LogP contribution in [0.3, 0.4) is 0 Å². The van der Waals surface area contributed by atoms with Gasteiger partial charge >= 0.3 is 5.97 Å². The highest BCUT2D eigenvalue weighted by Gasteiger charge is 2.44. The number of rotatable bonds is 2. The van der Waals surface area contributed by atoms with Gasteiger partial charge in [-0.05, 0) is 19.8 Å². The van der Waals surface area contributed by atoms with Crippen LogP contribution >= 0.6 is 0 Å². The van der Waals surface area contributed by atoms with Crippen molar-refractivity contribution in [2.24, 2.45) is 5.16 Å². The van der Waals surface area contributed by atoms with Crippen molar-refractivity contribution in [3.8, 4) is 0 Å². The first-order valence-electron chi connectivity index (χ1n) is 5.32. The topological polar surface area (TPSA) is 57.1 Å². The molecule has 0 aromatic rings. The summed E-state index contributed by atoms with van der Waals surface area (Å²) in [6, 6.07) is 0. The maximum atomic E-state index is 11.4. The lowest BCUT2D eigenvalue weighted by atomic mass is 10.0. The summed E-state index contributed by atoms with van der Waals surface area (Å²) in [6.45, 7) is 2.79. The van der Waals surface area contributed by atoms with Gasteiger partial charge in [0.25, 0.3) is 0 Å². The van der Waals surface area contributed by atoms with Crippen molar-refractivity contribution < 1.29 is 19.1 Å². The van der Waals surface area contributed by atoms with Gasteiger partial charge in [0.15, 0.2) is 5.71 Å². The highest BCUT2D eigenvalue weighted by Crippen LogP contribution is 2.34. The summed E-state index contributed by atoms with van der Waals surface area (Å²) in [5.41, 5.74) is 0.332. The van der Waals surface area contributed by atoms with E-state index < -0.39 is 11.8 Å². The van der Waals surface area contributed by atoms with E-state index in [1.807, 2.05) is 0 Å². The smallest absolute Gasteiger partial charge is 0.356 e. The predicted molar refractivity (Wildman–Crippen MR) is 52.3 cm³/mol. The number of nitrogens with zero attached hydrogens (tertiary/aromatic N) is 1. The zero-order valence-electron chi connectivity index (χ0n) is 8.82. The first-order valence-corrected chi connectivity index (χ1v) is 5.32. The van der Waals surface area contributed by atoms with Gasteiger partial charge in [-0.2, -0.15) is 0 Å². The minimum Gasteiger partial charge on any atom is -0.461 e. The molecule has 0 aromatic carbocycles. The molecule has 2 aliphatic heterocycles. The van der Waals surface area contributed by atoms with Crippen LogP contribution in [-0.2, 0) is 19.1 Å². The quantitative estimate of drug-likeness (QED) is 0.647. The number of carbonyl (C=O) groups excluding carboxylic acids is 1. The van der Waals surface area contributed by atoms with Crippen LogP contribution in [0, 0.1) is 0 Å². The van der Waals surface area contributed by atoms with Crippen molar-refractivity contribution in [1.29, 1.82) is 0 Å². The van der Waals surface area contributed by atoms with E-state index in [-0.39, 0.29) is 0 Å². The van der Waals surface area contributed by atoms with Gasteiger partial charge in [0.05, 0.1) is 19.6 Å². The van der Waals surface area contributed by atoms with E-state index in [0.29, 0.717) is 25.3 Å². The van der Waals surface area contributed by atoms with Gasteiger partial charge in [0.1, 0.15) is 0 Å². The molecule has 1 unspecified atom stereocenters. The molecule has 0 saturated carbocycles. The maximum absolute atomic E-state index is 11.4. The third kappa shape index (κ3) is 2.12. The highest BCUT2D eigenvalue weighted by molar-refractivity contribution is 6.36. The zero-order valence-corrected chi connectivity index (χ0v) is 8.82. The fourth-order valence-corrected chi connectivity index (χ4v) is 1.82. The van der Waals surface area contributed by atoms with E-state index in [9.17, 15) is 4.79 Å². The standard InChI is InChI=1S/C10H15NO4/c1-2-13-9(12)8-7-10(15-11-8)5-3-4-6-14-10/h2-7H2,1H3. The molecule has 1 spiro atoms.